The number of rotatable bonds is 9. The summed E-state index contributed by atoms with van der Waals surface area (Å²) < 4.78 is 68.9. The van der Waals surface area contributed by atoms with Gasteiger partial charge in [-0.1, -0.05) is 6.92 Å². The Morgan fingerprint density at radius 1 is 1.20 bits per heavy atom. The lowest BCUT2D eigenvalue weighted by molar-refractivity contribution is -0.141. The highest BCUT2D eigenvalue weighted by Gasteiger charge is 2.38. The average Bonchev–Trinajstić information content (AvgIpc) is 3.60. The first-order valence-electron chi connectivity index (χ1n) is 13.9. The van der Waals surface area contributed by atoms with Gasteiger partial charge < -0.3 is 21.3 Å². The van der Waals surface area contributed by atoms with Gasteiger partial charge in [0.2, 0.25) is 5.91 Å². The van der Waals surface area contributed by atoms with Crippen LogP contribution in [0.15, 0.2) is 43.0 Å². The van der Waals surface area contributed by atoms with Crippen molar-refractivity contribution < 1.29 is 31.5 Å². The van der Waals surface area contributed by atoms with Crippen molar-refractivity contribution in [1.29, 1.82) is 0 Å². The molecule has 0 aliphatic carbocycles. The Labute approximate surface area is 248 Å². The largest absolute Gasteiger partial charge is 0.435 e. The summed E-state index contributed by atoms with van der Waals surface area (Å²) in [6.45, 7) is 1.78. The number of nitrogens with zero attached hydrogens (tertiary/aromatic N) is 6. The van der Waals surface area contributed by atoms with Crippen molar-refractivity contribution in [1.82, 2.24) is 34.4 Å². The fourth-order valence-corrected chi connectivity index (χ4v) is 5.18. The van der Waals surface area contributed by atoms with E-state index < -0.39 is 36.3 Å². The quantitative estimate of drug-likeness (QED) is 0.242. The van der Waals surface area contributed by atoms with Crippen molar-refractivity contribution in [3.05, 3.63) is 59.8 Å². The number of nitrogens with one attached hydrogen (secondary N) is 2. The highest BCUT2D eigenvalue weighted by Crippen LogP contribution is 2.37. The SMILES string of the molecule is CCc1cc(Nc2nccn3c(-c4cn(CC(F)F)nc4C(F)(F)F)cnc23)ccc1C(=O)NCC(=O)N1CCCC(N)C1. The molecule has 4 heterocycles. The van der Waals surface area contributed by atoms with E-state index >= 15 is 0 Å². The molecule has 11 nitrogen and oxygen atoms in total. The van der Waals surface area contributed by atoms with Gasteiger partial charge in [-0.3, -0.25) is 18.7 Å². The number of halogens is 5. The van der Waals surface area contributed by atoms with Gasteiger partial charge >= 0.3 is 6.18 Å². The van der Waals surface area contributed by atoms with E-state index in [1.54, 1.807) is 23.1 Å². The van der Waals surface area contributed by atoms with Crippen molar-refractivity contribution in [3.8, 4) is 11.3 Å². The fraction of sp³-hybridized carbons (Fsp3) is 0.393. The molecule has 0 radical (unpaired) electrons. The zero-order chi connectivity index (χ0) is 31.6. The Morgan fingerprint density at radius 3 is 2.70 bits per heavy atom. The summed E-state index contributed by atoms with van der Waals surface area (Å²) in [7, 11) is 0. The number of nitrogens with two attached hydrogens (primary N) is 1. The second-order valence-electron chi connectivity index (χ2n) is 10.4. The predicted octanol–water partition coefficient (Wildman–Crippen LogP) is 3.86. The minimum Gasteiger partial charge on any atom is -0.343 e. The first-order valence-corrected chi connectivity index (χ1v) is 13.9. The molecule has 0 bridgehead atoms. The smallest absolute Gasteiger partial charge is 0.343 e. The Morgan fingerprint density at radius 2 is 2.00 bits per heavy atom. The topological polar surface area (TPSA) is 135 Å². The molecule has 3 aromatic heterocycles. The minimum atomic E-state index is -4.89. The van der Waals surface area contributed by atoms with E-state index in [2.05, 4.69) is 25.7 Å². The van der Waals surface area contributed by atoms with E-state index in [0.717, 1.165) is 19.0 Å². The third kappa shape index (κ3) is 6.64. The summed E-state index contributed by atoms with van der Waals surface area (Å²) in [6, 6.07) is 4.89. The van der Waals surface area contributed by atoms with Crippen molar-refractivity contribution >= 4 is 29.0 Å². The lowest BCUT2D eigenvalue weighted by atomic mass is 10.0. The third-order valence-electron chi connectivity index (χ3n) is 7.26. The van der Waals surface area contributed by atoms with Gasteiger partial charge in [-0.25, -0.2) is 18.7 Å². The monoisotopic (exact) mass is 619 g/mol. The van der Waals surface area contributed by atoms with Gasteiger partial charge in [0, 0.05) is 49.0 Å². The molecule has 2 amide bonds. The molecule has 1 aliphatic heterocycles. The molecule has 1 aromatic carbocycles. The van der Waals surface area contributed by atoms with E-state index in [-0.39, 0.29) is 35.7 Å². The Hall–Kier alpha value is -4.60. The van der Waals surface area contributed by atoms with Crippen molar-refractivity contribution in [3.63, 3.8) is 0 Å². The summed E-state index contributed by atoms with van der Waals surface area (Å²) in [6.07, 6.45) is -0.763. The normalized spacial score (nSPS) is 15.6. The van der Waals surface area contributed by atoms with Crippen LogP contribution in [0.5, 0.6) is 0 Å². The molecule has 1 fully saturated rings. The number of carbonyl (C=O) groups excluding carboxylic acids is 2. The number of aromatic nitrogens is 5. The van der Waals surface area contributed by atoms with Gasteiger partial charge in [-0.15, -0.1) is 0 Å². The average molecular weight is 620 g/mol. The van der Waals surface area contributed by atoms with Gasteiger partial charge in [0.1, 0.15) is 6.54 Å². The molecule has 234 valence electrons. The molecular weight excluding hydrogens is 589 g/mol. The second kappa shape index (κ2) is 12.6. The van der Waals surface area contributed by atoms with Crippen LogP contribution >= 0.6 is 0 Å². The first-order chi connectivity index (χ1) is 20.9. The summed E-state index contributed by atoms with van der Waals surface area (Å²) in [5.74, 6) is -0.405. The Bertz CT molecular complexity index is 1670. The summed E-state index contributed by atoms with van der Waals surface area (Å²) >= 11 is 0. The van der Waals surface area contributed by atoms with Crippen molar-refractivity contribution in [2.24, 2.45) is 5.73 Å². The predicted molar refractivity (Wildman–Crippen MR) is 150 cm³/mol. The number of aryl methyl sites for hydroxylation is 1. The molecule has 4 aromatic rings. The van der Waals surface area contributed by atoms with E-state index in [9.17, 15) is 31.5 Å². The number of amides is 2. The van der Waals surface area contributed by atoms with Gasteiger partial charge in [0.15, 0.2) is 17.2 Å². The number of fused-ring (bicyclic) bond motifs is 1. The molecule has 1 saturated heterocycles. The van der Waals surface area contributed by atoms with Crippen LogP contribution in [0.1, 0.15) is 41.4 Å². The van der Waals surface area contributed by atoms with Crippen LogP contribution in [0, 0.1) is 0 Å². The van der Waals surface area contributed by atoms with Crippen LogP contribution in [-0.2, 0) is 23.9 Å². The van der Waals surface area contributed by atoms with Crippen LogP contribution in [-0.4, -0.2) is 73.0 Å². The fourth-order valence-electron chi connectivity index (χ4n) is 5.18. The van der Waals surface area contributed by atoms with Crippen molar-refractivity contribution in [2.45, 2.75) is 51.4 Å². The molecule has 1 aliphatic rings. The summed E-state index contributed by atoms with van der Waals surface area (Å²) in [4.78, 5) is 35.6. The van der Waals surface area contributed by atoms with Gasteiger partial charge in [-0.05, 0) is 43.0 Å². The zero-order valence-electron chi connectivity index (χ0n) is 23.6. The van der Waals surface area contributed by atoms with Gasteiger partial charge in [-0.2, -0.15) is 18.3 Å². The number of carbonyl (C=O) groups is 2. The Balaban J connectivity index is 1.36. The molecule has 0 saturated carbocycles. The van der Waals surface area contributed by atoms with Crippen molar-refractivity contribution in [2.75, 3.05) is 25.0 Å². The highest BCUT2D eigenvalue weighted by atomic mass is 19.4. The number of hydrogen-bond acceptors (Lipinski definition) is 7. The maximum atomic E-state index is 13.7. The lowest BCUT2D eigenvalue weighted by Crippen LogP contribution is -2.49. The molecule has 1 atom stereocenters. The second-order valence-corrected chi connectivity index (χ2v) is 10.4. The highest BCUT2D eigenvalue weighted by molar-refractivity contribution is 5.98. The lowest BCUT2D eigenvalue weighted by Gasteiger charge is -2.30. The maximum Gasteiger partial charge on any atom is 0.435 e. The standard InChI is InChI=1S/C28H30F5N9O2/c1-2-16-10-18(5-6-19(16)27(44)37-12-23(43)40-8-3-4-17(34)13-40)38-25-26-36-11-21(42(26)9-7-35-25)20-14-41(15-22(29)30)39-24(20)28(31,32)33/h5-7,9-11,14,17,22H,2-4,8,12-13,15,34H2,1H3,(H,35,38)(H,37,44). The number of piperidine rings is 1. The first kappa shape index (κ1) is 30.8. The molecule has 16 heteroatoms. The molecule has 44 heavy (non-hydrogen) atoms. The molecule has 4 N–H and O–H groups in total. The van der Waals surface area contributed by atoms with Gasteiger partial charge in [0.25, 0.3) is 12.3 Å². The number of benzene rings is 1. The van der Waals surface area contributed by atoms with Crippen LogP contribution in [0.4, 0.5) is 33.5 Å². The van der Waals surface area contributed by atoms with Gasteiger partial charge in [0.05, 0.1) is 24.0 Å². The van der Waals surface area contributed by atoms with Crippen LogP contribution in [0.25, 0.3) is 16.9 Å². The number of alkyl halides is 5. The molecule has 5 rings (SSSR count). The van der Waals surface area contributed by atoms with Crippen LogP contribution in [0.2, 0.25) is 0 Å². The Kier molecular flexibility index (Phi) is 8.80. The van der Waals surface area contributed by atoms with E-state index in [0.29, 0.717) is 41.0 Å². The summed E-state index contributed by atoms with van der Waals surface area (Å²) in [5, 5.41) is 9.11. The van der Waals surface area contributed by atoms with E-state index in [4.69, 9.17) is 5.73 Å². The third-order valence-corrected chi connectivity index (χ3v) is 7.26. The number of anilines is 2. The summed E-state index contributed by atoms with van der Waals surface area (Å²) in [5.41, 5.74) is 5.98. The number of likely N-dealkylation sites (tertiary alicyclic amines) is 1. The number of imidazole rings is 1. The minimum absolute atomic E-state index is 0.0133. The maximum absolute atomic E-state index is 13.7. The zero-order valence-corrected chi connectivity index (χ0v) is 23.6. The molecule has 0 spiro atoms. The number of hydrogen-bond donors (Lipinski definition) is 3. The van der Waals surface area contributed by atoms with E-state index in [1.165, 1.54) is 23.0 Å². The van der Waals surface area contributed by atoms with Crippen LogP contribution < -0.4 is 16.4 Å². The molecular formula is C28H30F5N9O2. The van der Waals surface area contributed by atoms with E-state index in [1.807, 2.05) is 6.92 Å². The van der Waals surface area contributed by atoms with Crippen LogP contribution in [0.3, 0.4) is 0 Å². The molecule has 1 unspecified atom stereocenters.